The molecule has 1 saturated heterocycles. The van der Waals surface area contributed by atoms with Crippen molar-refractivity contribution in [2.45, 2.75) is 44.2 Å². The maximum atomic E-state index is 5.68. The van der Waals surface area contributed by atoms with E-state index in [1.807, 2.05) is 0 Å². The van der Waals surface area contributed by atoms with Gasteiger partial charge in [0, 0.05) is 32.3 Å². The van der Waals surface area contributed by atoms with Gasteiger partial charge in [-0.3, -0.25) is 4.90 Å². The molecule has 124 valence electrons. The van der Waals surface area contributed by atoms with Crippen LogP contribution in [0.4, 0.5) is 0 Å². The smallest absolute Gasteiger partial charge is 0.0701 e. The van der Waals surface area contributed by atoms with Crippen molar-refractivity contribution in [3.63, 3.8) is 0 Å². The molecule has 1 aliphatic carbocycles. The molecule has 1 saturated carbocycles. The Kier molecular flexibility index (Phi) is 8.59. The molecule has 5 nitrogen and oxygen atoms in total. The summed E-state index contributed by atoms with van der Waals surface area (Å²) in [4.78, 5) is 2.62. The van der Waals surface area contributed by atoms with Crippen molar-refractivity contribution in [2.24, 2.45) is 0 Å². The lowest BCUT2D eigenvalue weighted by Crippen LogP contribution is -2.45. The molecule has 1 heterocycles. The number of hydrogen-bond donors (Lipinski definition) is 1. The Morgan fingerprint density at radius 1 is 0.952 bits per heavy atom. The quantitative estimate of drug-likeness (QED) is 0.550. The van der Waals surface area contributed by atoms with Gasteiger partial charge >= 0.3 is 0 Å². The lowest BCUT2D eigenvalue weighted by molar-refractivity contribution is 0.0182. The standard InChI is InChI=1S/C16H32N2O3/c1-19-10-11-21-13-12-20-9-8-18(16-5-6-16)14-15-4-2-3-7-17-15/h15-17H,2-14H2,1H3. The van der Waals surface area contributed by atoms with Crippen molar-refractivity contribution in [3.05, 3.63) is 0 Å². The number of nitrogens with one attached hydrogen (secondary N) is 1. The molecule has 1 aliphatic heterocycles. The second-order valence-electron chi connectivity index (χ2n) is 6.09. The highest BCUT2D eigenvalue weighted by atomic mass is 16.5. The molecule has 2 rings (SSSR count). The van der Waals surface area contributed by atoms with E-state index in [1.165, 1.54) is 45.2 Å². The van der Waals surface area contributed by atoms with Gasteiger partial charge in [-0.15, -0.1) is 0 Å². The van der Waals surface area contributed by atoms with E-state index in [4.69, 9.17) is 14.2 Å². The molecule has 5 heteroatoms. The predicted molar refractivity (Wildman–Crippen MR) is 83.8 cm³/mol. The first kappa shape index (κ1) is 17.2. The molecule has 0 spiro atoms. The van der Waals surface area contributed by atoms with Crippen LogP contribution < -0.4 is 5.32 Å². The molecule has 2 fully saturated rings. The summed E-state index contributed by atoms with van der Waals surface area (Å²) in [6.45, 7) is 6.92. The van der Waals surface area contributed by atoms with Gasteiger partial charge in [0.05, 0.1) is 33.0 Å². The van der Waals surface area contributed by atoms with Crippen molar-refractivity contribution in [3.8, 4) is 0 Å². The Hall–Kier alpha value is -0.200. The predicted octanol–water partition coefficient (Wildman–Crippen LogP) is 1.27. The lowest BCUT2D eigenvalue weighted by Gasteiger charge is -2.30. The Labute approximate surface area is 129 Å². The van der Waals surface area contributed by atoms with Crippen LogP contribution in [0.5, 0.6) is 0 Å². The summed E-state index contributed by atoms with van der Waals surface area (Å²) in [5.41, 5.74) is 0. The topological polar surface area (TPSA) is 43.0 Å². The summed E-state index contributed by atoms with van der Waals surface area (Å²) in [6, 6.07) is 1.51. The number of nitrogens with zero attached hydrogens (tertiary/aromatic N) is 1. The summed E-state index contributed by atoms with van der Waals surface area (Å²) >= 11 is 0. The highest BCUT2D eigenvalue weighted by Gasteiger charge is 2.30. The molecule has 21 heavy (non-hydrogen) atoms. The summed E-state index contributed by atoms with van der Waals surface area (Å²) in [5.74, 6) is 0. The molecule has 0 aromatic carbocycles. The van der Waals surface area contributed by atoms with Gasteiger partial charge in [0.2, 0.25) is 0 Å². The largest absolute Gasteiger partial charge is 0.382 e. The highest BCUT2D eigenvalue weighted by Crippen LogP contribution is 2.27. The van der Waals surface area contributed by atoms with Crippen LogP contribution in [0.3, 0.4) is 0 Å². The zero-order valence-electron chi connectivity index (χ0n) is 13.5. The van der Waals surface area contributed by atoms with Gasteiger partial charge < -0.3 is 19.5 Å². The number of methoxy groups -OCH3 is 1. The summed E-state index contributed by atoms with van der Waals surface area (Å²) in [5, 5.41) is 3.65. The first-order chi connectivity index (χ1) is 10.4. The Bertz CT molecular complexity index is 256. The molecule has 1 atom stereocenters. The molecular weight excluding hydrogens is 268 g/mol. The van der Waals surface area contributed by atoms with Crippen molar-refractivity contribution in [2.75, 3.05) is 59.8 Å². The van der Waals surface area contributed by atoms with E-state index in [1.54, 1.807) is 7.11 Å². The monoisotopic (exact) mass is 300 g/mol. The fourth-order valence-corrected chi connectivity index (χ4v) is 2.87. The second kappa shape index (κ2) is 10.5. The van der Waals surface area contributed by atoms with Gasteiger partial charge in [-0.1, -0.05) is 6.42 Å². The van der Waals surface area contributed by atoms with Gasteiger partial charge in [-0.05, 0) is 32.2 Å². The van der Waals surface area contributed by atoms with Gasteiger partial charge in [0.15, 0.2) is 0 Å². The second-order valence-corrected chi connectivity index (χ2v) is 6.09. The van der Waals surface area contributed by atoms with Crippen LogP contribution in [0.25, 0.3) is 0 Å². The van der Waals surface area contributed by atoms with Gasteiger partial charge in [0.1, 0.15) is 0 Å². The van der Waals surface area contributed by atoms with Crippen LogP contribution in [0.15, 0.2) is 0 Å². The molecule has 0 radical (unpaired) electrons. The van der Waals surface area contributed by atoms with Crippen LogP contribution in [0, 0.1) is 0 Å². The molecule has 0 amide bonds. The van der Waals surface area contributed by atoms with E-state index in [0.29, 0.717) is 32.5 Å². The van der Waals surface area contributed by atoms with Crippen LogP contribution in [-0.4, -0.2) is 76.8 Å². The van der Waals surface area contributed by atoms with E-state index in [0.717, 1.165) is 19.2 Å². The number of hydrogen-bond acceptors (Lipinski definition) is 5. The third-order valence-corrected chi connectivity index (χ3v) is 4.26. The van der Waals surface area contributed by atoms with Gasteiger partial charge in [0.25, 0.3) is 0 Å². The fraction of sp³-hybridized carbons (Fsp3) is 1.00. The zero-order valence-corrected chi connectivity index (χ0v) is 13.5. The van der Waals surface area contributed by atoms with Crippen LogP contribution in [-0.2, 0) is 14.2 Å². The van der Waals surface area contributed by atoms with Crippen molar-refractivity contribution in [1.82, 2.24) is 10.2 Å². The minimum absolute atomic E-state index is 0.654. The molecule has 0 aromatic heterocycles. The average molecular weight is 300 g/mol. The van der Waals surface area contributed by atoms with E-state index in [9.17, 15) is 0 Å². The molecule has 0 bridgehead atoms. The van der Waals surface area contributed by atoms with E-state index in [-0.39, 0.29) is 0 Å². The molecule has 1 unspecified atom stereocenters. The zero-order chi connectivity index (χ0) is 14.8. The minimum atomic E-state index is 0.654. The van der Waals surface area contributed by atoms with Crippen molar-refractivity contribution < 1.29 is 14.2 Å². The third-order valence-electron chi connectivity index (χ3n) is 4.26. The maximum absolute atomic E-state index is 5.68. The Morgan fingerprint density at radius 3 is 2.38 bits per heavy atom. The van der Waals surface area contributed by atoms with Crippen LogP contribution in [0.2, 0.25) is 0 Å². The molecule has 2 aliphatic rings. The minimum Gasteiger partial charge on any atom is -0.382 e. The fourth-order valence-electron chi connectivity index (χ4n) is 2.87. The van der Waals surface area contributed by atoms with Gasteiger partial charge in [-0.25, -0.2) is 0 Å². The molecule has 0 aromatic rings. The highest BCUT2D eigenvalue weighted by molar-refractivity contribution is 4.87. The number of ether oxygens (including phenoxy) is 3. The first-order valence-electron chi connectivity index (χ1n) is 8.52. The Balaban J connectivity index is 1.49. The molecular formula is C16H32N2O3. The number of rotatable bonds is 12. The van der Waals surface area contributed by atoms with Crippen molar-refractivity contribution >= 4 is 0 Å². The third kappa shape index (κ3) is 7.56. The van der Waals surface area contributed by atoms with Crippen LogP contribution >= 0.6 is 0 Å². The van der Waals surface area contributed by atoms with Gasteiger partial charge in [-0.2, -0.15) is 0 Å². The van der Waals surface area contributed by atoms with Crippen LogP contribution in [0.1, 0.15) is 32.1 Å². The summed E-state index contributed by atoms with van der Waals surface area (Å²) in [7, 11) is 1.69. The Morgan fingerprint density at radius 2 is 1.71 bits per heavy atom. The summed E-state index contributed by atoms with van der Waals surface area (Å²) in [6.07, 6.45) is 6.79. The SMILES string of the molecule is COCCOCCOCCN(CC1CCCCN1)C1CC1. The normalized spacial score (nSPS) is 22.9. The van der Waals surface area contributed by atoms with Crippen molar-refractivity contribution in [1.29, 1.82) is 0 Å². The van der Waals surface area contributed by atoms with E-state index >= 15 is 0 Å². The van der Waals surface area contributed by atoms with E-state index < -0.39 is 0 Å². The summed E-state index contributed by atoms with van der Waals surface area (Å²) < 4.78 is 16.0. The average Bonchev–Trinajstić information content (AvgIpc) is 3.34. The number of piperidine rings is 1. The maximum Gasteiger partial charge on any atom is 0.0701 e. The lowest BCUT2D eigenvalue weighted by atomic mass is 10.0. The molecule has 1 N–H and O–H groups in total. The first-order valence-corrected chi connectivity index (χ1v) is 8.52. The van der Waals surface area contributed by atoms with E-state index in [2.05, 4.69) is 10.2 Å².